The summed E-state index contributed by atoms with van der Waals surface area (Å²) < 4.78 is 4.90. The molecule has 0 unspecified atom stereocenters. The fraction of sp³-hybridized carbons (Fsp3) is 0.900. The lowest BCUT2D eigenvalue weighted by atomic mass is 9.82. The average molecular weight is 204 g/mol. The summed E-state index contributed by atoms with van der Waals surface area (Å²) >= 11 is 0. The lowest BCUT2D eigenvalue weighted by Gasteiger charge is -2.26. The monoisotopic (exact) mass is 204 g/mol. The smallest absolute Gasteiger partial charge is 0.309 e. The van der Waals surface area contributed by atoms with E-state index in [0.717, 1.165) is 0 Å². The van der Waals surface area contributed by atoms with Crippen molar-refractivity contribution in [1.82, 2.24) is 0 Å². The molecule has 14 heavy (non-hydrogen) atoms. The lowest BCUT2D eigenvalue weighted by molar-refractivity contribution is -0.161. The molecule has 0 heterocycles. The van der Waals surface area contributed by atoms with Gasteiger partial charge in [-0.05, 0) is 5.41 Å². The number of aliphatic hydroxyl groups is 2. The number of ether oxygens (including phenoxy) is 1. The highest BCUT2D eigenvalue weighted by Gasteiger charge is 2.29. The lowest BCUT2D eigenvalue weighted by Crippen LogP contribution is -2.33. The van der Waals surface area contributed by atoms with Gasteiger partial charge in [-0.15, -0.1) is 0 Å². The van der Waals surface area contributed by atoms with Gasteiger partial charge in [-0.25, -0.2) is 0 Å². The molecule has 0 aliphatic rings. The Kier molecular flexibility index (Phi) is 5.08. The Balaban J connectivity index is 4.21. The van der Waals surface area contributed by atoms with Crippen molar-refractivity contribution in [3.8, 4) is 0 Å². The van der Waals surface area contributed by atoms with Crippen molar-refractivity contribution in [2.75, 3.05) is 13.2 Å². The normalized spacial score (nSPS) is 14.2. The van der Waals surface area contributed by atoms with Gasteiger partial charge in [0.05, 0.1) is 19.1 Å². The minimum absolute atomic E-state index is 0.174. The van der Waals surface area contributed by atoms with E-state index in [1.807, 2.05) is 20.8 Å². The molecule has 0 aliphatic carbocycles. The minimum Gasteiger partial charge on any atom is -0.457 e. The standard InChI is InChI=1S/C10H20O4/c1-7(10(2,3)4)9(13)14-8(5-11)6-12/h7-8,11-12H,5-6H2,1-4H3/t7-/m1/s1. The molecule has 0 rings (SSSR count). The molecule has 4 heteroatoms. The van der Waals surface area contributed by atoms with Gasteiger partial charge >= 0.3 is 5.97 Å². The van der Waals surface area contributed by atoms with Crippen LogP contribution in [0.1, 0.15) is 27.7 Å². The van der Waals surface area contributed by atoms with E-state index in [-0.39, 0.29) is 30.5 Å². The molecule has 0 aromatic rings. The van der Waals surface area contributed by atoms with Crippen LogP contribution in [-0.4, -0.2) is 35.5 Å². The van der Waals surface area contributed by atoms with E-state index < -0.39 is 6.10 Å². The van der Waals surface area contributed by atoms with Crippen molar-refractivity contribution < 1.29 is 19.7 Å². The molecule has 0 aromatic carbocycles. The molecule has 0 aliphatic heterocycles. The third-order valence-electron chi connectivity index (χ3n) is 2.34. The third kappa shape index (κ3) is 4.07. The third-order valence-corrected chi connectivity index (χ3v) is 2.34. The second-order valence-electron chi connectivity index (χ2n) is 4.51. The van der Waals surface area contributed by atoms with Crippen LogP contribution in [0.25, 0.3) is 0 Å². The van der Waals surface area contributed by atoms with Crippen molar-refractivity contribution in [2.24, 2.45) is 11.3 Å². The van der Waals surface area contributed by atoms with E-state index >= 15 is 0 Å². The average Bonchev–Trinajstić information content (AvgIpc) is 2.11. The van der Waals surface area contributed by atoms with Crippen LogP contribution in [0.15, 0.2) is 0 Å². The molecular formula is C10H20O4. The Morgan fingerprint density at radius 2 is 1.71 bits per heavy atom. The molecule has 0 aromatic heterocycles. The van der Waals surface area contributed by atoms with Crippen molar-refractivity contribution >= 4 is 5.97 Å². The highest BCUT2D eigenvalue weighted by molar-refractivity contribution is 5.73. The molecule has 0 bridgehead atoms. The molecule has 0 fully saturated rings. The predicted octanol–water partition coefficient (Wildman–Crippen LogP) is 0.565. The summed E-state index contributed by atoms with van der Waals surface area (Å²) in [5.41, 5.74) is -0.174. The van der Waals surface area contributed by atoms with Crippen LogP contribution in [-0.2, 0) is 9.53 Å². The predicted molar refractivity (Wildman–Crippen MR) is 52.7 cm³/mol. The van der Waals surface area contributed by atoms with Gasteiger partial charge in [-0.3, -0.25) is 4.79 Å². The quantitative estimate of drug-likeness (QED) is 0.657. The van der Waals surface area contributed by atoms with Crippen LogP contribution in [0, 0.1) is 11.3 Å². The summed E-state index contributed by atoms with van der Waals surface area (Å²) in [6.45, 7) is 6.88. The van der Waals surface area contributed by atoms with Crippen LogP contribution >= 0.6 is 0 Å². The number of carbonyl (C=O) groups excluding carboxylic acids is 1. The first kappa shape index (κ1) is 13.4. The second-order valence-corrected chi connectivity index (χ2v) is 4.51. The fourth-order valence-corrected chi connectivity index (χ4v) is 0.752. The van der Waals surface area contributed by atoms with Gasteiger partial charge in [0, 0.05) is 0 Å². The molecule has 0 amide bonds. The van der Waals surface area contributed by atoms with Gasteiger partial charge in [0.25, 0.3) is 0 Å². The highest BCUT2D eigenvalue weighted by atomic mass is 16.6. The number of esters is 1. The molecule has 0 saturated heterocycles. The summed E-state index contributed by atoms with van der Waals surface area (Å²) in [6, 6.07) is 0. The van der Waals surface area contributed by atoms with Crippen molar-refractivity contribution in [3.05, 3.63) is 0 Å². The van der Waals surface area contributed by atoms with E-state index in [1.54, 1.807) is 6.92 Å². The molecule has 0 spiro atoms. The van der Waals surface area contributed by atoms with E-state index in [4.69, 9.17) is 14.9 Å². The zero-order valence-corrected chi connectivity index (χ0v) is 9.28. The Hall–Kier alpha value is -0.610. The van der Waals surface area contributed by atoms with Crippen LogP contribution in [0.3, 0.4) is 0 Å². The molecule has 4 nitrogen and oxygen atoms in total. The Labute approximate surface area is 84.9 Å². The summed E-state index contributed by atoms with van der Waals surface area (Å²) in [6.07, 6.45) is -0.799. The number of aliphatic hydroxyl groups excluding tert-OH is 2. The number of carbonyl (C=O) groups is 1. The number of rotatable bonds is 4. The first-order chi connectivity index (χ1) is 6.32. The van der Waals surface area contributed by atoms with Gasteiger partial charge in [-0.2, -0.15) is 0 Å². The van der Waals surface area contributed by atoms with Crippen molar-refractivity contribution in [1.29, 1.82) is 0 Å². The maximum Gasteiger partial charge on any atom is 0.309 e. The van der Waals surface area contributed by atoms with Crippen LogP contribution < -0.4 is 0 Å². The molecule has 2 N–H and O–H groups in total. The fourth-order valence-electron chi connectivity index (χ4n) is 0.752. The summed E-state index contributed by atoms with van der Waals surface area (Å²) in [7, 11) is 0. The highest BCUT2D eigenvalue weighted by Crippen LogP contribution is 2.26. The molecule has 0 saturated carbocycles. The van der Waals surface area contributed by atoms with E-state index in [9.17, 15) is 4.79 Å². The van der Waals surface area contributed by atoms with Gasteiger partial charge < -0.3 is 14.9 Å². The Morgan fingerprint density at radius 3 is 2.00 bits per heavy atom. The minimum atomic E-state index is -0.799. The summed E-state index contributed by atoms with van der Waals surface area (Å²) in [5, 5.41) is 17.4. The van der Waals surface area contributed by atoms with Crippen molar-refractivity contribution in [3.63, 3.8) is 0 Å². The first-order valence-corrected chi connectivity index (χ1v) is 4.75. The number of hydrogen-bond acceptors (Lipinski definition) is 4. The second kappa shape index (κ2) is 5.32. The van der Waals surface area contributed by atoms with Gasteiger partial charge in [0.1, 0.15) is 6.10 Å². The van der Waals surface area contributed by atoms with Crippen LogP contribution in [0.5, 0.6) is 0 Å². The maximum absolute atomic E-state index is 11.5. The van der Waals surface area contributed by atoms with Crippen molar-refractivity contribution in [2.45, 2.75) is 33.8 Å². The maximum atomic E-state index is 11.5. The zero-order valence-electron chi connectivity index (χ0n) is 9.28. The van der Waals surface area contributed by atoms with Crippen LogP contribution in [0.2, 0.25) is 0 Å². The first-order valence-electron chi connectivity index (χ1n) is 4.75. The van der Waals surface area contributed by atoms with E-state index in [1.165, 1.54) is 0 Å². The SMILES string of the molecule is C[C@H](C(=O)OC(CO)CO)C(C)(C)C. The largest absolute Gasteiger partial charge is 0.457 e. The Morgan fingerprint density at radius 1 is 1.29 bits per heavy atom. The molecule has 84 valence electrons. The molecule has 1 atom stereocenters. The van der Waals surface area contributed by atoms with Gasteiger partial charge in [-0.1, -0.05) is 27.7 Å². The summed E-state index contributed by atoms with van der Waals surface area (Å²) in [4.78, 5) is 11.5. The Bertz CT molecular complexity index is 179. The molecular weight excluding hydrogens is 184 g/mol. The van der Waals surface area contributed by atoms with E-state index in [2.05, 4.69) is 0 Å². The van der Waals surface area contributed by atoms with Crippen LogP contribution in [0.4, 0.5) is 0 Å². The summed E-state index contributed by atoms with van der Waals surface area (Å²) in [5.74, 6) is -0.645. The van der Waals surface area contributed by atoms with E-state index in [0.29, 0.717) is 0 Å². The zero-order chi connectivity index (χ0) is 11.4. The van der Waals surface area contributed by atoms with Gasteiger partial charge in [0.2, 0.25) is 0 Å². The topological polar surface area (TPSA) is 66.8 Å². The molecule has 0 radical (unpaired) electrons. The van der Waals surface area contributed by atoms with Gasteiger partial charge in [0.15, 0.2) is 0 Å². The number of hydrogen-bond donors (Lipinski definition) is 2.